The van der Waals surface area contributed by atoms with Gasteiger partial charge >= 0.3 is 0 Å². The highest BCUT2D eigenvalue weighted by atomic mass is 32.1. The van der Waals surface area contributed by atoms with Crippen molar-refractivity contribution >= 4 is 23.1 Å². The van der Waals surface area contributed by atoms with Gasteiger partial charge in [-0.15, -0.1) is 0 Å². The minimum absolute atomic E-state index is 0.238. The van der Waals surface area contributed by atoms with E-state index in [1.54, 1.807) is 4.68 Å². The number of nitrogens with zero attached hydrogens (tertiary/aromatic N) is 2. The molecule has 0 saturated carbocycles. The van der Waals surface area contributed by atoms with Crippen LogP contribution in [0.1, 0.15) is 44.4 Å². The standard InChI is InChI=1S/C21H25N3O2S/c1-21(2,3)18(26)19-23-16-12-8-7-11-15(16)20(27)24(19)22-13-17(25)14-9-5-4-6-10-14/h4-12,17-18,22,25-26H,13H2,1-3H3/t17-,18+/m0/s1. The van der Waals surface area contributed by atoms with Crippen LogP contribution in [0.2, 0.25) is 0 Å². The molecule has 0 unspecified atom stereocenters. The van der Waals surface area contributed by atoms with Crippen LogP contribution in [0.4, 0.5) is 0 Å². The van der Waals surface area contributed by atoms with Gasteiger partial charge in [-0.2, -0.15) is 0 Å². The van der Waals surface area contributed by atoms with Gasteiger partial charge < -0.3 is 15.6 Å². The minimum Gasteiger partial charge on any atom is -0.387 e. The molecule has 1 aromatic heterocycles. The average molecular weight is 384 g/mol. The van der Waals surface area contributed by atoms with E-state index < -0.39 is 17.6 Å². The molecule has 0 aliphatic heterocycles. The number of para-hydroxylation sites is 1. The van der Waals surface area contributed by atoms with Crippen LogP contribution in [-0.2, 0) is 0 Å². The van der Waals surface area contributed by atoms with E-state index in [0.717, 1.165) is 16.5 Å². The lowest BCUT2D eigenvalue weighted by atomic mass is 9.88. The molecule has 0 aliphatic carbocycles. The molecule has 27 heavy (non-hydrogen) atoms. The van der Waals surface area contributed by atoms with Crippen LogP contribution in [0.15, 0.2) is 54.6 Å². The first-order valence-corrected chi connectivity index (χ1v) is 9.36. The van der Waals surface area contributed by atoms with Gasteiger partial charge in [0.1, 0.15) is 10.7 Å². The maximum atomic E-state index is 10.9. The average Bonchev–Trinajstić information content (AvgIpc) is 2.66. The molecule has 142 valence electrons. The quantitative estimate of drug-likeness (QED) is 0.578. The summed E-state index contributed by atoms with van der Waals surface area (Å²) in [5.74, 6) is 0.437. The molecule has 3 N–H and O–H groups in total. The van der Waals surface area contributed by atoms with Crippen LogP contribution >= 0.6 is 12.2 Å². The molecule has 5 nitrogen and oxygen atoms in total. The maximum absolute atomic E-state index is 10.9. The van der Waals surface area contributed by atoms with Gasteiger partial charge in [0.25, 0.3) is 0 Å². The molecular weight excluding hydrogens is 358 g/mol. The number of nitrogens with one attached hydrogen (secondary N) is 1. The molecule has 3 rings (SSSR count). The van der Waals surface area contributed by atoms with Crippen LogP contribution in [0, 0.1) is 10.1 Å². The van der Waals surface area contributed by atoms with Crippen LogP contribution in [0.5, 0.6) is 0 Å². The van der Waals surface area contributed by atoms with Gasteiger partial charge in [-0.05, 0) is 23.1 Å². The Hall–Kier alpha value is -2.28. The van der Waals surface area contributed by atoms with E-state index in [1.807, 2.05) is 75.4 Å². The second-order valence-corrected chi connectivity index (χ2v) is 8.07. The molecule has 2 atom stereocenters. The van der Waals surface area contributed by atoms with E-state index in [2.05, 4.69) is 10.4 Å². The Morgan fingerprint density at radius 3 is 2.33 bits per heavy atom. The summed E-state index contributed by atoms with van der Waals surface area (Å²) in [6.07, 6.45) is -1.54. The Labute approximate surface area is 164 Å². The van der Waals surface area contributed by atoms with Gasteiger partial charge in [0.15, 0.2) is 5.82 Å². The first-order valence-electron chi connectivity index (χ1n) is 8.95. The molecule has 3 aromatic rings. The van der Waals surface area contributed by atoms with Crippen LogP contribution < -0.4 is 5.43 Å². The minimum atomic E-state index is -0.829. The Kier molecular flexibility index (Phi) is 5.60. The van der Waals surface area contributed by atoms with Crippen LogP contribution in [0.25, 0.3) is 10.9 Å². The number of hydrogen-bond donors (Lipinski definition) is 3. The number of hydrogen-bond acceptors (Lipinski definition) is 5. The molecule has 0 bridgehead atoms. The summed E-state index contributed by atoms with van der Waals surface area (Å²) in [5.41, 5.74) is 4.29. The summed E-state index contributed by atoms with van der Waals surface area (Å²) in [6.45, 7) is 6.07. The smallest absolute Gasteiger partial charge is 0.158 e. The Morgan fingerprint density at radius 1 is 1.04 bits per heavy atom. The van der Waals surface area contributed by atoms with Crippen LogP contribution in [0.3, 0.4) is 0 Å². The fourth-order valence-electron chi connectivity index (χ4n) is 2.84. The zero-order valence-electron chi connectivity index (χ0n) is 15.8. The second-order valence-electron chi connectivity index (χ2n) is 7.68. The third-order valence-corrected chi connectivity index (χ3v) is 4.90. The lowest BCUT2D eigenvalue weighted by molar-refractivity contribution is 0.0517. The largest absolute Gasteiger partial charge is 0.387 e. The van der Waals surface area contributed by atoms with Crippen molar-refractivity contribution in [3.05, 3.63) is 70.6 Å². The molecule has 1 heterocycles. The summed E-state index contributed by atoms with van der Waals surface area (Å²) >= 11 is 5.66. The number of aromatic nitrogens is 2. The molecule has 6 heteroatoms. The lowest BCUT2D eigenvalue weighted by Gasteiger charge is -2.28. The van der Waals surface area contributed by atoms with Crippen LogP contribution in [-0.4, -0.2) is 26.4 Å². The Bertz CT molecular complexity index is 980. The summed E-state index contributed by atoms with van der Waals surface area (Å²) in [4.78, 5) is 4.66. The van der Waals surface area contributed by atoms with E-state index >= 15 is 0 Å². The predicted octanol–water partition coefficient (Wildman–Crippen LogP) is 4.12. The second kappa shape index (κ2) is 7.76. The zero-order chi connectivity index (χ0) is 19.6. The van der Waals surface area contributed by atoms with Gasteiger partial charge in [-0.3, -0.25) is 0 Å². The van der Waals surface area contributed by atoms with Gasteiger partial charge in [-0.1, -0.05) is 75.5 Å². The third-order valence-electron chi connectivity index (χ3n) is 4.49. The number of benzene rings is 2. The van der Waals surface area contributed by atoms with Crippen molar-refractivity contribution in [1.29, 1.82) is 0 Å². The first kappa shape index (κ1) is 19.5. The molecule has 0 radical (unpaired) electrons. The molecule has 0 amide bonds. The van der Waals surface area contributed by atoms with E-state index in [9.17, 15) is 10.2 Å². The summed E-state index contributed by atoms with van der Waals surface area (Å²) in [6, 6.07) is 17.0. The van der Waals surface area contributed by atoms with E-state index in [-0.39, 0.29) is 6.54 Å². The molecule has 0 aliphatic rings. The SMILES string of the molecule is CC(C)(C)[C@H](O)c1nc2ccccc2c(=S)n1NC[C@H](O)c1ccccc1. The number of aliphatic hydroxyl groups excluding tert-OH is 2. The highest BCUT2D eigenvalue weighted by Gasteiger charge is 2.28. The fourth-order valence-corrected chi connectivity index (χ4v) is 3.17. The van der Waals surface area contributed by atoms with Crippen molar-refractivity contribution in [3.8, 4) is 0 Å². The highest BCUT2D eigenvalue weighted by molar-refractivity contribution is 7.71. The molecule has 2 aromatic carbocycles. The summed E-state index contributed by atoms with van der Waals surface area (Å²) < 4.78 is 2.15. The summed E-state index contributed by atoms with van der Waals surface area (Å²) in [7, 11) is 0. The van der Waals surface area contributed by atoms with Gasteiger partial charge in [0.05, 0.1) is 18.2 Å². The highest BCUT2D eigenvalue weighted by Crippen LogP contribution is 2.32. The topological polar surface area (TPSA) is 70.3 Å². The lowest BCUT2D eigenvalue weighted by Crippen LogP contribution is -2.30. The molecule has 0 saturated heterocycles. The van der Waals surface area contributed by atoms with Crippen molar-refractivity contribution in [1.82, 2.24) is 9.66 Å². The maximum Gasteiger partial charge on any atom is 0.158 e. The normalized spacial score (nSPS) is 14.1. The van der Waals surface area contributed by atoms with Crippen molar-refractivity contribution < 1.29 is 10.2 Å². The first-order chi connectivity index (χ1) is 12.8. The molecule has 0 fully saturated rings. The summed E-state index contributed by atoms with van der Waals surface area (Å²) in [5, 5.41) is 22.2. The Morgan fingerprint density at radius 2 is 1.67 bits per heavy atom. The monoisotopic (exact) mass is 383 g/mol. The number of rotatable bonds is 5. The molecule has 0 spiro atoms. The Balaban J connectivity index is 2.01. The van der Waals surface area contributed by atoms with Crippen molar-refractivity contribution in [2.24, 2.45) is 5.41 Å². The van der Waals surface area contributed by atoms with Gasteiger partial charge in [-0.25, -0.2) is 9.66 Å². The molecular formula is C21H25N3O2S. The zero-order valence-corrected chi connectivity index (χ0v) is 16.6. The van der Waals surface area contributed by atoms with Crippen molar-refractivity contribution in [2.75, 3.05) is 12.0 Å². The number of fused-ring (bicyclic) bond motifs is 1. The van der Waals surface area contributed by atoms with E-state index in [4.69, 9.17) is 12.2 Å². The van der Waals surface area contributed by atoms with Crippen molar-refractivity contribution in [3.63, 3.8) is 0 Å². The van der Waals surface area contributed by atoms with Crippen molar-refractivity contribution in [2.45, 2.75) is 33.0 Å². The van der Waals surface area contributed by atoms with Gasteiger partial charge in [0, 0.05) is 5.39 Å². The predicted molar refractivity (Wildman–Crippen MR) is 111 cm³/mol. The van der Waals surface area contributed by atoms with E-state index in [0.29, 0.717) is 10.5 Å². The third kappa shape index (κ3) is 4.18. The number of aliphatic hydroxyl groups is 2. The van der Waals surface area contributed by atoms with Gasteiger partial charge in [0.2, 0.25) is 0 Å². The van der Waals surface area contributed by atoms with E-state index in [1.165, 1.54) is 0 Å². The fraction of sp³-hybridized carbons (Fsp3) is 0.333.